The normalized spacial score (nSPS) is 10.8. The average Bonchev–Trinajstić information content (AvgIpc) is 3.29. The van der Waals surface area contributed by atoms with Crippen LogP contribution in [-0.2, 0) is 6.42 Å². The van der Waals surface area contributed by atoms with Gasteiger partial charge in [-0.05, 0) is 42.0 Å². The van der Waals surface area contributed by atoms with E-state index in [1.165, 1.54) is 0 Å². The molecular formula is C23H16N6O2. The Morgan fingerprint density at radius 1 is 0.903 bits per heavy atom. The zero-order valence-corrected chi connectivity index (χ0v) is 16.3. The highest BCUT2D eigenvalue weighted by molar-refractivity contribution is 6.06. The lowest BCUT2D eigenvalue weighted by molar-refractivity contribution is 0.102. The maximum absolute atomic E-state index is 12.8. The number of rotatable bonds is 5. The molecule has 0 saturated carbocycles. The predicted octanol–water partition coefficient (Wildman–Crippen LogP) is 3.92. The van der Waals surface area contributed by atoms with E-state index < -0.39 is 0 Å². The smallest absolute Gasteiger partial charge is 0.255 e. The number of hydrogen-bond acceptors (Lipinski definition) is 7. The molecule has 31 heavy (non-hydrogen) atoms. The zero-order valence-electron chi connectivity index (χ0n) is 16.3. The van der Waals surface area contributed by atoms with E-state index in [1.807, 2.05) is 36.4 Å². The van der Waals surface area contributed by atoms with Crippen LogP contribution >= 0.6 is 0 Å². The van der Waals surface area contributed by atoms with Crippen LogP contribution < -0.4 is 5.32 Å². The third-order valence-corrected chi connectivity index (χ3v) is 4.75. The van der Waals surface area contributed by atoms with E-state index in [-0.39, 0.29) is 5.91 Å². The van der Waals surface area contributed by atoms with Crippen molar-refractivity contribution in [1.82, 2.24) is 25.1 Å². The first-order chi connectivity index (χ1) is 15.3. The van der Waals surface area contributed by atoms with Crippen molar-refractivity contribution in [3.05, 3.63) is 96.4 Å². The van der Waals surface area contributed by atoms with E-state index in [0.29, 0.717) is 34.9 Å². The Morgan fingerprint density at radius 2 is 1.71 bits per heavy atom. The molecule has 0 radical (unpaired) electrons. The number of anilines is 1. The summed E-state index contributed by atoms with van der Waals surface area (Å²) in [6, 6.07) is 16.4. The monoisotopic (exact) mass is 408 g/mol. The minimum Gasteiger partial charge on any atom is -0.339 e. The molecular weight excluding hydrogens is 392 g/mol. The second-order valence-corrected chi connectivity index (χ2v) is 6.80. The predicted molar refractivity (Wildman–Crippen MR) is 114 cm³/mol. The van der Waals surface area contributed by atoms with E-state index in [4.69, 9.17) is 4.52 Å². The van der Waals surface area contributed by atoms with Crippen molar-refractivity contribution in [2.24, 2.45) is 0 Å². The van der Waals surface area contributed by atoms with Crippen molar-refractivity contribution >= 4 is 22.6 Å². The molecule has 5 aromatic rings. The third kappa shape index (κ3) is 3.99. The lowest BCUT2D eigenvalue weighted by atomic mass is 10.1. The minimum absolute atomic E-state index is 0.233. The number of nitrogens with one attached hydrogen (secondary N) is 1. The van der Waals surface area contributed by atoms with Gasteiger partial charge in [0.15, 0.2) is 0 Å². The summed E-state index contributed by atoms with van der Waals surface area (Å²) in [7, 11) is 0. The Balaban J connectivity index is 1.37. The van der Waals surface area contributed by atoms with Crippen LogP contribution in [0.5, 0.6) is 0 Å². The Morgan fingerprint density at radius 3 is 2.58 bits per heavy atom. The summed E-state index contributed by atoms with van der Waals surface area (Å²) in [5.74, 6) is 0.716. The molecule has 0 unspecified atom stereocenters. The molecule has 0 bridgehead atoms. The summed E-state index contributed by atoms with van der Waals surface area (Å²) >= 11 is 0. The van der Waals surface area contributed by atoms with Crippen LogP contribution in [-0.4, -0.2) is 31.0 Å². The molecule has 150 valence electrons. The number of hydrogen-bond donors (Lipinski definition) is 1. The largest absolute Gasteiger partial charge is 0.339 e. The Bertz CT molecular complexity index is 1370. The molecule has 0 aliphatic heterocycles. The van der Waals surface area contributed by atoms with E-state index >= 15 is 0 Å². The van der Waals surface area contributed by atoms with Gasteiger partial charge in [0.05, 0.1) is 17.5 Å². The van der Waals surface area contributed by atoms with Crippen LogP contribution in [0.1, 0.15) is 21.8 Å². The van der Waals surface area contributed by atoms with Crippen LogP contribution in [0.25, 0.3) is 22.4 Å². The Labute approximate surface area is 177 Å². The number of carbonyl (C=O) groups is 1. The van der Waals surface area contributed by atoms with Gasteiger partial charge in [-0.25, -0.2) is 0 Å². The highest BCUT2D eigenvalue weighted by Gasteiger charge is 2.14. The van der Waals surface area contributed by atoms with Gasteiger partial charge in [-0.15, -0.1) is 0 Å². The van der Waals surface area contributed by atoms with Crippen LogP contribution in [0.15, 0.2) is 83.9 Å². The Hall–Kier alpha value is -4.46. The lowest BCUT2D eigenvalue weighted by Gasteiger charge is -2.10. The van der Waals surface area contributed by atoms with Crippen molar-refractivity contribution < 1.29 is 9.32 Å². The zero-order chi connectivity index (χ0) is 21.0. The van der Waals surface area contributed by atoms with Crippen molar-refractivity contribution in [3.8, 4) is 11.4 Å². The van der Waals surface area contributed by atoms with Gasteiger partial charge >= 0.3 is 0 Å². The van der Waals surface area contributed by atoms with Gasteiger partial charge in [-0.3, -0.25) is 19.7 Å². The van der Waals surface area contributed by atoms with Gasteiger partial charge < -0.3 is 9.84 Å². The standard InChI is InChI=1S/C23H16N6O2/c30-23(17-5-6-19-20(13-17)26-12-11-25-19)27-18-4-2-1-3-16(18)14-21-28-22(29-31-21)15-7-9-24-10-8-15/h1-13H,14H2,(H,27,30). The van der Waals surface area contributed by atoms with Crippen molar-refractivity contribution in [3.63, 3.8) is 0 Å². The van der Waals surface area contributed by atoms with Crippen LogP contribution in [0.3, 0.4) is 0 Å². The number of pyridine rings is 1. The number of fused-ring (bicyclic) bond motifs is 1. The molecule has 3 aromatic heterocycles. The number of amides is 1. The molecule has 2 aromatic carbocycles. The minimum atomic E-state index is -0.233. The second-order valence-electron chi connectivity index (χ2n) is 6.80. The quantitative estimate of drug-likeness (QED) is 0.470. The summed E-state index contributed by atoms with van der Waals surface area (Å²) in [5.41, 5.74) is 4.27. The Kier molecular flexibility index (Phi) is 4.86. The van der Waals surface area contributed by atoms with Crippen LogP contribution in [0.4, 0.5) is 5.69 Å². The number of aromatic nitrogens is 5. The SMILES string of the molecule is O=C(Nc1ccccc1Cc1nc(-c2ccncc2)no1)c1ccc2nccnc2c1. The number of benzene rings is 2. The molecule has 0 atom stereocenters. The van der Waals surface area contributed by atoms with Crippen LogP contribution in [0, 0.1) is 0 Å². The van der Waals surface area contributed by atoms with E-state index in [0.717, 1.165) is 16.6 Å². The van der Waals surface area contributed by atoms with Crippen LogP contribution in [0.2, 0.25) is 0 Å². The van der Waals surface area contributed by atoms with E-state index in [1.54, 1.807) is 43.0 Å². The highest BCUT2D eigenvalue weighted by Crippen LogP contribution is 2.22. The summed E-state index contributed by atoms with van der Waals surface area (Å²) in [6.07, 6.45) is 6.96. The fourth-order valence-electron chi connectivity index (χ4n) is 3.20. The molecule has 0 saturated heterocycles. The van der Waals surface area contributed by atoms with Gasteiger partial charge in [0.2, 0.25) is 11.7 Å². The summed E-state index contributed by atoms with van der Waals surface area (Å²) in [5, 5.41) is 7.00. The van der Waals surface area contributed by atoms with Gasteiger partial charge in [-0.1, -0.05) is 23.4 Å². The summed E-state index contributed by atoms with van der Waals surface area (Å²) < 4.78 is 5.41. The topological polar surface area (TPSA) is 107 Å². The molecule has 5 rings (SSSR count). The van der Waals surface area contributed by atoms with Crippen molar-refractivity contribution in [1.29, 1.82) is 0 Å². The number of carbonyl (C=O) groups excluding carboxylic acids is 1. The third-order valence-electron chi connectivity index (χ3n) is 4.75. The molecule has 0 aliphatic carbocycles. The highest BCUT2D eigenvalue weighted by atomic mass is 16.5. The molecule has 1 amide bonds. The fraction of sp³-hybridized carbons (Fsp3) is 0.0435. The molecule has 8 heteroatoms. The molecule has 0 fully saturated rings. The molecule has 1 N–H and O–H groups in total. The van der Waals surface area contributed by atoms with Crippen molar-refractivity contribution in [2.75, 3.05) is 5.32 Å². The van der Waals surface area contributed by atoms with Gasteiger partial charge in [0.1, 0.15) is 0 Å². The fourth-order valence-corrected chi connectivity index (χ4v) is 3.20. The second kappa shape index (κ2) is 8.11. The summed E-state index contributed by atoms with van der Waals surface area (Å²) in [4.78, 5) is 29.8. The maximum Gasteiger partial charge on any atom is 0.255 e. The first-order valence-corrected chi connectivity index (χ1v) is 9.59. The number of nitrogens with zero attached hydrogens (tertiary/aromatic N) is 5. The van der Waals surface area contributed by atoms with Gasteiger partial charge in [0, 0.05) is 41.6 Å². The van der Waals surface area contributed by atoms with Crippen molar-refractivity contribution in [2.45, 2.75) is 6.42 Å². The molecule has 3 heterocycles. The van der Waals surface area contributed by atoms with Gasteiger partial charge in [-0.2, -0.15) is 4.98 Å². The molecule has 0 spiro atoms. The number of para-hydroxylation sites is 1. The lowest BCUT2D eigenvalue weighted by Crippen LogP contribution is -2.13. The maximum atomic E-state index is 12.8. The average molecular weight is 408 g/mol. The molecule has 8 nitrogen and oxygen atoms in total. The van der Waals surface area contributed by atoms with E-state index in [9.17, 15) is 4.79 Å². The summed E-state index contributed by atoms with van der Waals surface area (Å²) in [6.45, 7) is 0. The molecule has 0 aliphatic rings. The van der Waals surface area contributed by atoms with E-state index in [2.05, 4.69) is 30.4 Å². The van der Waals surface area contributed by atoms with Gasteiger partial charge in [0.25, 0.3) is 5.91 Å². The first-order valence-electron chi connectivity index (χ1n) is 9.59. The first kappa shape index (κ1) is 18.6.